The Morgan fingerprint density at radius 1 is 1.41 bits per heavy atom. The highest BCUT2D eigenvalue weighted by molar-refractivity contribution is 5.85. The Balaban J connectivity index is 2.15. The van der Waals surface area contributed by atoms with Gasteiger partial charge in [0.2, 0.25) is 0 Å². The number of hydrogen-bond donors (Lipinski definition) is 2. The zero-order chi connectivity index (χ0) is 11.8. The summed E-state index contributed by atoms with van der Waals surface area (Å²) in [7, 11) is 2.04. The van der Waals surface area contributed by atoms with Gasteiger partial charge in [0.1, 0.15) is 0 Å². The van der Waals surface area contributed by atoms with Gasteiger partial charge in [0.05, 0.1) is 0 Å². The van der Waals surface area contributed by atoms with Crippen LogP contribution in [-0.4, -0.2) is 18.6 Å². The number of aromatic amines is 1. The maximum Gasteiger partial charge on any atom is 0.0459 e. The van der Waals surface area contributed by atoms with E-state index in [1.165, 1.54) is 41.4 Å². The molecule has 0 spiro atoms. The van der Waals surface area contributed by atoms with Crippen LogP contribution >= 0.6 is 0 Å². The quantitative estimate of drug-likeness (QED) is 0.812. The second-order valence-electron chi connectivity index (χ2n) is 5.21. The van der Waals surface area contributed by atoms with E-state index in [0.29, 0.717) is 5.92 Å². The molecule has 1 atom stereocenters. The Bertz CT molecular complexity index is 539. The van der Waals surface area contributed by atoms with Crippen LogP contribution < -0.4 is 5.32 Å². The molecule has 3 rings (SSSR count). The fourth-order valence-corrected chi connectivity index (χ4v) is 3.12. The van der Waals surface area contributed by atoms with E-state index in [0.717, 1.165) is 6.54 Å². The van der Waals surface area contributed by atoms with Crippen molar-refractivity contribution in [2.24, 2.45) is 0 Å². The summed E-state index contributed by atoms with van der Waals surface area (Å²) >= 11 is 0. The molecule has 0 amide bonds. The minimum atomic E-state index is 0.663. The van der Waals surface area contributed by atoms with Crippen LogP contribution in [-0.2, 0) is 6.42 Å². The van der Waals surface area contributed by atoms with Crippen LogP contribution in [0.5, 0.6) is 0 Å². The van der Waals surface area contributed by atoms with Gasteiger partial charge < -0.3 is 10.3 Å². The highest BCUT2D eigenvalue weighted by Gasteiger charge is 2.23. The zero-order valence-electron chi connectivity index (χ0n) is 10.6. The lowest BCUT2D eigenvalue weighted by atomic mass is 9.86. The summed E-state index contributed by atoms with van der Waals surface area (Å²) in [6.45, 7) is 3.26. The lowest BCUT2D eigenvalue weighted by Gasteiger charge is -2.22. The van der Waals surface area contributed by atoms with Crippen LogP contribution in [0.25, 0.3) is 10.9 Å². The summed E-state index contributed by atoms with van der Waals surface area (Å²) in [6, 6.07) is 6.74. The van der Waals surface area contributed by atoms with Crippen LogP contribution in [0.4, 0.5) is 0 Å². The summed E-state index contributed by atoms with van der Waals surface area (Å²) in [6.07, 6.45) is 3.86. The first-order chi connectivity index (χ1) is 8.29. The molecular weight excluding hydrogens is 208 g/mol. The van der Waals surface area contributed by atoms with Gasteiger partial charge in [-0.05, 0) is 50.9 Å². The molecule has 0 saturated carbocycles. The second kappa shape index (κ2) is 4.19. The van der Waals surface area contributed by atoms with Gasteiger partial charge in [-0.2, -0.15) is 0 Å². The Morgan fingerprint density at radius 2 is 2.29 bits per heavy atom. The van der Waals surface area contributed by atoms with E-state index >= 15 is 0 Å². The van der Waals surface area contributed by atoms with Crippen molar-refractivity contribution >= 4 is 10.9 Å². The van der Waals surface area contributed by atoms with E-state index in [4.69, 9.17) is 0 Å². The number of aromatic nitrogens is 1. The number of benzene rings is 1. The van der Waals surface area contributed by atoms with Crippen molar-refractivity contribution in [3.05, 3.63) is 35.0 Å². The summed E-state index contributed by atoms with van der Waals surface area (Å²) < 4.78 is 0. The van der Waals surface area contributed by atoms with Crippen LogP contribution in [0.3, 0.4) is 0 Å². The molecule has 0 radical (unpaired) electrons. The number of nitrogens with one attached hydrogen (secondary N) is 2. The summed E-state index contributed by atoms with van der Waals surface area (Å²) in [5.41, 5.74) is 5.71. The predicted octanol–water partition coefficient (Wildman–Crippen LogP) is 3.12. The van der Waals surface area contributed by atoms with E-state index < -0.39 is 0 Å². The molecule has 90 valence electrons. The summed E-state index contributed by atoms with van der Waals surface area (Å²) in [5.74, 6) is 0.663. The standard InChI is InChI=1S/C15H20N2/c1-10-6-7-14-13(8-10)12-5-3-4-11(9-16-2)15(12)17-14/h6-8,11,16-17H,3-5,9H2,1-2H3. The number of likely N-dealkylation sites (N-methyl/N-ethyl adjacent to an activating group) is 1. The first-order valence-corrected chi connectivity index (χ1v) is 6.55. The van der Waals surface area contributed by atoms with E-state index in [2.05, 4.69) is 35.4 Å². The molecular formula is C15H20N2. The Kier molecular flexibility index (Phi) is 2.67. The molecule has 2 N–H and O–H groups in total. The Morgan fingerprint density at radius 3 is 3.12 bits per heavy atom. The van der Waals surface area contributed by atoms with Crippen LogP contribution in [0.2, 0.25) is 0 Å². The zero-order valence-corrected chi connectivity index (χ0v) is 10.6. The third-order valence-electron chi connectivity index (χ3n) is 3.93. The molecule has 2 aromatic rings. The molecule has 1 aromatic heterocycles. The fraction of sp³-hybridized carbons (Fsp3) is 0.467. The number of aryl methyl sites for hydroxylation is 2. The molecule has 1 heterocycles. The van der Waals surface area contributed by atoms with Crippen molar-refractivity contribution in [3.63, 3.8) is 0 Å². The third-order valence-corrected chi connectivity index (χ3v) is 3.93. The highest BCUT2D eigenvalue weighted by atomic mass is 14.8. The van der Waals surface area contributed by atoms with E-state index in [9.17, 15) is 0 Å². The maximum absolute atomic E-state index is 3.64. The van der Waals surface area contributed by atoms with Gasteiger partial charge in [-0.1, -0.05) is 11.6 Å². The molecule has 0 saturated heterocycles. The van der Waals surface area contributed by atoms with Crippen molar-refractivity contribution in [2.75, 3.05) is 13.6 Å². The fourth-order valence-electron chi connectivity index (χ4n) is 3.12. The average molecular weight is 228 g/mol. The van der Waals surface area contributed by atoms with Gasteiger partial charge >= 0.3 is 0 Å². The van der Waals surface area contributed by atoms with E-state index in [1.54, 1.807) is 5.56 Å². The molecule has 2 heteroatoms. The van der Waals surface area contributed by atoms with Crippen molar-refractivity contribution in [1.29, 1.82) is 0 Å². The first kappa shape index (κ1) is 10.8. The van der Waals surface area contributed by atoms with Gasteiger partial charge in [-0.15, -0.1) is 0 Å². The maximum atomic E-state index is 3.64. The first-order valence-electron chi connectivity index (χ1n) is 6.55. The largest absolute Gasteiger partial charge is 0.358 e. The summed E-state index contributed by atoms with van der Waals surface area (Å²) in [4.78, 5) is 3.64. The highest BCUT2D eigenvalue weighted by Crippen LogP contribution is 2.35. The minimum absolute atomic E-state index is 0.663. The van der Waals surface area contributed by atoms with Gasteiger partial charge in [0, 0.05) is 29.1 Å². The lowest BCUT2D eigenvalue weighted by molar-refractivity contribution is 0.522. The van der Waals surface area contributed by atoms with Crippen molar-refractivity contribution < 1.29 is 0 Å². The van der Waals surface area contributed by atoms with Gasteiger partial charge in [0.15, 0.2) is 0 Å². The molecule has 0 fully saturated rings. The molecule has 17 heavy (non-hydrogen) atoms. The molecule has 1 aliphatic rings. The number of hydrogen-bond acceptors (Lipinski definition) is 1. The summed E-state index contributed by atoms with van der Waals surface area (Å²) in [5, 5.41) is 4.76. The van der Waals surface area contributed by atoms with Crippen LogP contribution in [0, 0.1) is 6.92 Å². The molecule has 0 bridgehead atoms. The molecule has 1 unspecified atom stereocenters. The van der Waals surface area contributed by atoms with E-state index in [1.807, 2.05) is 7.05 Å². The predicted molar refractivity (Wildman–Crippen MR) is 72.6 cm³/mol. The number of fused-ring (bicyclic) bond motifs is 3. The van der Waals surface area contributed by atoms with Crippen molar-refractivity contribution in [3.8, 4) is 0 Å². The van der Waals surface area contributed by atoms with Crippen molar-refractivity contribution in [2.45, 2.75) is 32.1 Å². The van der Waals surface area contributed by atoms with E-state index in [-0.39, 0.29) is 0 Å². The normalized spacial score (nSPS) is 19.5. The van der Waals surface area contributed by atoms with Crippen molar-refractivity contribution in [1.82, 2.24) is 10.3 Å². The Hall–Kier alpha value is -1.28. The van der Waals surface area contributed by atoms with Gasteiger partial charge in [0.25, 0.3) is 0 Å². The topological polar surface area (TPSA) is 27.8 Å². The Labute approximate surface area is 102 Å². The van der Waals surface area contributed by atoms with Crippen LogP contribution in [0.15, 0.2) is 18.2 Å². The SMILES string of the molecule is CNCC1CCCc2c1[nH]c1ccc(C)cc21. The molecule has 1 aromatic carbocycles. The smallest absolute Gasteiger partial charge is 0.0459 e. The minimum Gasteiger partial charge on any atom is -0.358 e. The van der Waals surface area contributed by atoms with Gasteiger partial charge in [-0.25, -0.2) is 0 Å². The average Bonchev–Trinajstić information content (AvgIpc) is 2.69. The molecule has 0 aliphatic heterocycles. The van der Waals surface area contributed by atoms with Gasteiger partial charge in [-0.3, -0.25) is 0 Å². The molecule has 1 aliphatic carbocycles. The second-order valence-corrected chi connectivity index (χ2v) is 5.21. The molecule has 2 nitrogen and oxygen atoms in total. The number of H-pyrrole nitrogens is 1. The van der Waals surface area contributed by atoms with Crippen LogP contribution in [0.1, 0.15) is 35.6 Å². The monoisotopic (exact) mass is 228 g/mol. The lowest BCUT2D eigenvalue weighted by Crippen LogP contribution is -2.21. The third kappa shape index (κ3) is 1.77. The number of rotatable bonds is 2.